The van der Waals surface area contributed by atoms with Gasteiger partial charge in [-0.05, 0) is 20.3 Å². The Bertz CT molecular complexity index is 336. The minimum atomic E-state index is -2.39. The number of aryl methyl sites for hydroxylation is 1. The summed E-state index contributed by atoms with van der Waals surface area (Å²) in [7, 11) is 0. The van der Waals surface area contributed by atoms with Gasteiger partial charge in [-0.2, -0.15) is 10.1 Å². The second-order valence-corrected chi connectivity index (χ2v) is 3.61. The summed E-state index contributed by atoms with van der Waals surface area (Å²) in [6, 6.07) is -0.826. The zero-order valence-corrected chi connectivity index (χ0v) is 8.04. The Labute approximate surface area is 80.3 Å². The minimum Gasteiger partial charge on any atom is -0.352 e. The molecule has 14 heavy (non-hydrogen) atoms. The Hall–Kier alpha value is -1.20. The molecule has 78 valence electrons. The molecule has 2 rings (SSSR count). The maximum absolute atomic E-state index is 12.7. The molecule has 1 aliphatic heterocycles. The highest BCUT2D eigenvalue weighted by atomic mass is 19.3. The van der Waals surface area contributed by atoms with E-state index in [1.807, 2.05) is 6.92 Å². The van der Waals surface area contributed by atoms with Crippen LogP contribution in [-0.2, 0) is 0 Å². The first-order valence-electron chi connectivity index (χ1n) is 4.55. The average Bonchev–Trinajstić information content (AvgIpc) is 2.42. The maximum Gasteiger partial charge on any atom is 0.260 e. The van der Waals surface area contributed by atoms with Crippen LogP contribution in [0.25, 0.3) is 0 Å². The van der Waals surface area contributed by atoms with Gasteiger partial charge >= 0.3 is 0 Å². The predicted octanol–water partition coefficient (Wildman–Crippen LogP) is 1.60. The molecule has 0 bridgehead atoms. The zero-order valence-electron chi connectivity index (χ0n) is 8.04. The lowest BCUT2D eigenvalue weighted by molar-refractivity contribution is 0.0665. The van der Waals surface area contributed by atoms with Crippen LogP contribution in [0.5, 0.6) is 0 Å². The highest BCUT2D eigenvalue weighted by Crippen LogP contribution is 2.29. The quantitative estimate of drug-likeness (QED) is 0.752. The molecule has 0 amide bonds. The Balaban J connectivity index is 2.37. The summed E-state index contributed by atoms with van der Waals surface area (Å²) >= 11 is 0. The van der Waals surface area contributed by atoms with Crippen LogP contribution in [0.15, 0.2) is 0 Å². The first-order chi connectivity index (χ1) is 6.58. The predicted molar refractivity (Wildman–Crippen MR) is 47.5 cm³/mol. The third-order valence-electron chi connectivity index (χ3n) is 2.31. The average molecular weight is 202 g/mol. The van der Waals surface area contributed by atoms with E-state index in [0.717, 1.165) is 0 Å². The molecule has 0 saturated heterocycles. The number of hydrogen-bond acceptors (Lipinski definition) is 3. The Morgan fingerprint density at radius 1 is 1.57 bits per heavy atom. The Morgan fingerprint density at radius 2 is 2.29 bits per heavy atom. The lowest BCUT2D eigenvalue weighted by Gasteiger charge is -2.28. The molecular weight excluding hydrogens is 190 g/mol. The van der Waals surface area contributed by atoms with Crippen molar-refractivity contribution in [3.8, 4) is 0 Å². The molecule has 0 saturated carbocycles. The van der Waals surface area contributed by atoms with Crippen molar-refractivity contribution in [3.63, 3.8) is 0 Å². The fourth-order valence-corrected chi connectivity index (χ4v) is 1.71. The second-order valence-electron chi connectivity index (χ2n) is 3.61. The minimum absolute atomic E-state index is 0.0186. The summed E-state index contributed by atoms with van der Waals surface area (Å²) in [5.74, 6) is 0.971. The number of anilines is 1. The van der Waals surface area contributed by atoms with Crippen LogP contribution in [0.2, 0.25) is 0 Å². The molecule has 2 heterocycles. The van der Waals surface area contributed by atoms with E-state index in [-0.39, 0.29) is 6.04 Å². The molecule has 2 unspecified atom stereocenters. The van der Waals surface area contributed by atoms with E-state index in [1.54, 1.807) is 6.92 Å². The smallest absolute Gasteiger partial charge is 0.260 e. The van der Waals surface area contributed by atoms with Crippen molar-refractivity contribution in [2.75, 3.05) is 5.32 Å². The highest BCUT2D eigenvalue weighted by Gasteiger charge is 2.32. The largest absolute Gasteiger partial charge is 0.352 e. The van der Waals surface area contributed by atoms with Crippen molar-refractivity contribution in [1.82, 2.24) is 14.8 Å². The van der Waals surface area contributed by atoms with Crippen LogP contribution in [0.1, 0.15) is 25.2 Å². The number of halogens is 2. The molecule has 1 N–H and O–H groups in total. The van der Waals surface area contributed by atoms with Crippen LogP contribution < -0.4 is 5.32 Å². The third-order valence-corrected chi connectivity index (χ3v) is 2.31. The molecule has 1 aliphatic rings. The van der Waals surface area contributed by atoms with E-state index < -0.39 is 12.5 Å². The maximum atomic E-state index is 12.7. The third kappa shape index (κ3) is 1.44. The van der Waals surface area contributed by atoms with E-state index in [1.165, 1.54) is 4.68 Å². The van der Waals surface area contributed by atoms with E-state index in [2.05, 4.69) is 15.4 Å². The first-order valence-corrected chi connectivity index (χ1v) is 4.55. The normalized spacial score (nSPS) is 26.1. The van der Waals surface area contributed by atoms with E-state index in [4.69, 9.17) is 0 Å². The monoisotopic (exact) mass is 202 g/mol. The highest BCUT2D eigenvalue weighted by molar-refractivity contribution is 5.29. The molecule has 2 atom stereocenters. The number of nitrogens with one attached hydrogen (secondary N) is 1. The summed E-state index contributed by atoms with van der Waals surface area (Å²) in [5.41, 5.74) is 0. The standard InChI is InChI=1S/C8H12F2N4/c1-4-3-6(7(9)10)14-8(11-4)12-5(2)13-14/h4,6-7H,3H2,1-2H3,(H,11,12,13). The summed E-state index contributed by atoms with van der Waals surface area (Å²) in [4.78, 5) is 4.04. The summed E-state index contributed by atoms with van der Waals surface area (Å²) < 4.78 is 26.6. The van der Waals surface area contributed by atoms with Gasteiger partial charge in [-0.3, -0.25) is 0 Å². The van der Waals surface area contributed by atoms with Gasteiger partial charge in [-0.25, -0.2) is 13.5 Å². The zero-order chi connectivity index (χ0) is 10.3. The number of rotatable bonds is 1. The lowest BCUT2D eigenvalue weighted by Crippen LogP contribution is -2.33. The Kier molecular flexibility index (Phi) is 2.13. The van der Waals surface area contributed by atoms with Crippen molar-refractivity contribution in [3.05, 3.63) is 5.82 Å². The van der Waals surface area contributed by atoms with Gasteiger partial charge in [0, 0.05) is 6.04 Å². The van der Waals surface area contributed by atoms with Crippen molar-refractivity contribution >= 4 is 5.95 Å². The van der Waals surface area contributed by atoms with Crippen molar-refractivity contribution in [1.29, 1.82) is 0 Å². The molecular formula is C8H12F2N4. The van der Waals surface area contributed by atoms with Gasteiger partial charge in [0.15, 0.2) is 0 Å². The van der Waals surface area contributed by atoms with E-state index in [0.29, 0.717) is 18.2 Å². The number of fused-ring (bicyclic) bond motifs is 1. The molecule has 0 spiro atoms. The van der Waals surface area contributed by atoms with Gasteiger partial charge in [0.1, 0.15) is 11.9 Å². The number of aromatic nitrogens is 3. The molecule has 4 nitrogen and oxygen atoms in total. The van der Waals surface area contributed by atoms with Crippen LogP contribution >= 0.6 is 0 Å². The van der Waals surface area contributed by atoms with Gasteiger partial charge in [0.25, 0.3) is 6.43 Å². The van der Waals surface area contributed by atoms with Crippen LogP contribution in [0, 0.1) is 6.92 Å². The molecule has 0 fully saturated rings. The van der Waals surface area contributed by atoms with Gasteiger partial charge in [-0.15, -0.1) is 0 Å². The van der Waals surface area contributed by atoms with Crippen molar-refractivity contribution < 1.29 is 8.78 Å². The number of alkyl halides is 2. The number of hydrogen-bond donors (Lipinski definition) is 1. The SMILES string of the molecule is Cc1nc2n(n1)C(C(F)F)CC(C)N2. The van der Waals surface area contributed by atoms with Gasteiger partial charge in [-0.1, -0.05) is 0 Å². The van der Waals surface area contributed by atoms with E-state index >= 15 is 0 Å². The van der Waals surface area contributed by atoms with Crippen molar-refractivity contribution in [2.45, 2.75) is 38.8 Å². The fraction of sp³-hybridized carbons (Fsp3) is 0.750. The topological polar surface area (TPSA) is 42.7 Å². The molecule has 1 aromatic heterocycles. The summed E-state index contributed by atoms with van der Waals surface area (Å²) in [5, 5.41) is 6.97. The summed E-state index contributed by atoms with van der Waals surface area (Å²) in [6.45, 7) is 3.56. The molecule has 0 aromatic carbocycles. The van der Waals surface area contributed by atoms with Crippen LogP contribution in [0.3, 0.4) is 0 Å². The van der Waals surface area contributed by atoms with E-state index in [9.17, 15) is 8.78 Å². The van der Waals surface area contributed by atoms with Gasteiger partial charge in [0.05, 0.1) is 0 Å². The Morgan fingerprint density at radius 3 is 2.93 bits per heavy atom. The summed E-state index contributed by atoms with van der Waals surface area (Å²) in [6.07, 6.45) is -2.01. The van der Waals surface area contributed by atoms with Crippen molar-refractivity contribution in [2.24, 2.45) is 0 Å². The van der Waals surface area contributed by atoms with Gasteiger partial charge < -0.3 is 5.32 Å². The van der Waals surface area contributed by atoms with Crippen LogP contribution in [-0.4, -0.2) is 27.2 Å². The molecule has 0 aliphatic carbocycles. The molecule has 1 aromatic rings. The van der Waals surface area contributed by atoms with Gasteiger partial charge in [0.2, 0.25) is 5.95 Å². The number of nitrogens with zero attached hydrogens (tertiary/aromatic N) is 3. The molecule has 6 heteroatoms. The fourth-order valence-electron chi connectivity index (χ4n) is 1.71. The second kappa shape index (κ2) is 3.18. The van der Waals surface area contributed by atoms with Crippen LogP contribution in [0.4, 0.5) is 14.7 Å². The lowest BCUT2D eigenvalue weighted by atomic mass is 10.1. The molecule has 0 radical (unpaired) electrons. The first kappa shape index (κ1) is 9.36.